The van der Waals surface area contributed by atoms with E-state index >= 15 is 0 Å². The van der Waals surface area contributed by atoms with Crippen molar-refractivity contribution in [3.8, 4) is 0 Å². The normalized spacial score (nSPS) is 14.8. The van der Waals surface area contributed by atoms with Crippen LogP contribution in [0.4, 0.5) is 4.39 Å². The molecule has 0 amide bonds. The molecule has 0 fully saturated rings. The molecule has 11 heavy (non-hydrogen) atoms. The topological polar surface area (TPSA) is 43.4 Å². The van der Waals surface area contributed by atoms with Crippen LogP contribution < -0.4 is 0 Å². The summed E-state index contributed by atoms with van der Waals surface area (Å²) in [5.74, 6) is 0. The van der Waals surface area contributed by atoms with Crippen LogP contribution in [-0.2, 0) is 13.8 Å². The first-order valence-electron chi connectivity index (χ1n) is 3.05. The maximum Gasteiger partial charge on any atom is 0.264 e. The molecule has 1 atom stereocenters. The minimum Gasteiger partial charge on any atom is -0.385 e. The van der Waals surface area contributed by atoms with Gasteiger partial charge in [-0.05, 0) is 12.8 Å². The molecule has 0 saturated heterocycles. The van der Waals surface area contributed by atoms with Crippen LogP contribution in [0, 0.1) is 0 Å². The maximum absolute atomic E-state index is 12.5. The van der Waals surface area contributed by atoms with Crippen molar-refractivity contribution in [1.82, 2.24) is 0 Å². The fraction of sp³-hybridized carbons (Fsp3) is 1.00. The fourth-order valence-electron chi connectivity index (χ4n) is 0.529. The van der Waals surface area contributed by atoms with Crippen LogP contribution in [0.25, 0.3) is 0 Å². The average molecular weight is 205 g/mol. The van der Waals surface area contributed by atoms with Crippen LogP contribution in [0.15, 0.2) is 0 Å². The second kappa shape index (κ2) is 4.90. The van der Waals surface area contributed by atoms with E-state index < -0.39 is 14.6 Å². The number of halogens is 2. The van der Waals surface area contributed by atoms with E-state index in [1.807, 2.05) is 0 Å². The molecule has 68 valence electrons. The Morgan fingerprint density at radius 2 is 2.18 bits per heavy atom. The van der Waals surface area contributed by atoms with Gasteiger partial charge in [-0.1, -0.05) is 0 Å². The maximum atomic E-state index is 12.5. The second-order valence-electron chi connectivity index (χ2n) is 2.02. The highest BCUT2D eigenvalue weighted by Crippen LogP contribution is 2.13. The third kappa shape index (κ3) is 5.41. The molecule has 0 heterocycles. The summed E-state index contributed by atoms with van der Waals surface area (Å²) in [6.45, 7) is 0.340. The summed E-state index contributed by atoms with van der Waals surface area (Å²) in [6, 6.07) is 0. The summed E-state index contributed by atoms with van der Waals surface area (Å²) in [6.07, 6.45) is 0.239. The Bertz CT molecular complexity index is 192. The molecule has 6 heteroatoms. The van der Waals surface area contributed by atoms with Gasteiger partial charge in [0.2, 0.25) is 5.50 Å². The van der Waals surface area contributed by atoms with Crippen molar-refractivity contribution < 1.29 is 17.5 Å². The zero-order valence-corrected chi connectivity index (χ0v) is 7.66. The molecule has 0 bridgehead atoms. The highest BCUT2D eigenvalue weighted by atomic mass is 35.7. The van der Waals surface area contributed by atoms with Crippen LogP contribution in [0.3, 0.4) is 0 Å². The van der Waals surface area contributed by atoms with Crippen molar-refractivity contribution in [2.45, 2.75) is 18.3 Å². The summed E-state index contributed by atoms with van der Waals surface area (Å²) in [5.41, 5.74) is -1.97. The Morgan fingerprint density at radius 3 is 2.55 bits per heavy atom. The first-order valence-corrected chi connectivity index (χ1v) is 5.42. The monoisotopic (exact) mass is 204 g/mol. The Morgan fingerprint density at radius 1 is 1.64 bits per heavy atom. The van der Waals surface area contributed by atoms with Crippen molar-refractivity contribution in [2.75, 3.05) is 13.7 Å². The summed E-state index contributed by atoms with van der Waals surface area (Å²) in [5, 5.41) is 0. The number of ether oxygens (including phenoxy) is 1. The van der Waals surface area contributed by atoms with Crippen molar-refractivity contribution >= 4 is 19.7 Å². The SMILES string of the molecule is COCCCC(F)S(=O)(=O)Cl. The third-order valence-corrected chi connectivity index (χ3v) is 2.51. The number of hydrogen-bond acceptors (Lipinski definition) is 3. The molecule has 0 rings (SSSR count). The molecule has 0 spiro atoms. The number of rotatable bonds is 5. The van der Waals surface area contributed by atoms with Crippen LogP contribution >= 0.6 is 10.7 Å². The molecule has 0 saturated carbocycles. The summed E-state index contributed by atoms with van der Waals surface area (Å²) in [7, 11) is 2.15. The predicted octanol–water partition coefficient (Wildman–Crippen LogP) is 1.28. The zero-order chi connectivity index (χ0) is 8.91. The van der Waals surface area contributed by atoms with Crippen LogP contribution in [0.5, 0.6) is 0 Å². The Kier molecular flexibility index (Phi) is 4.96. The van der Waals surface area contributed by atoms with E-state index in [9.17, 15) is 12.8 Å². The fourth-order valence-corrected chi connectivity index (χ4v) is 1.24. The lowest BCUT2D eigenvalue weighted by atomic mass is 10.3. The van der Waals surface area contributed by atoms with Crippen molar-refractivity contribution in [3.05, 3.63) is 0 Å². The molecule has 3 nitrogen and oxygen atoms in total. The molecule has 0 radical (unpaired) electrons. The lowest BCUT2D eigenvalue weighted by Crippen LogP contribution is -2.10. The average Bonchev–Trinajstić information content (AvgIpc) is 1.86. The molecule has 0 aromatic rings. The second-order valence-corrected chi connectivity index (χ2v) is 4.77. The van der Waals surface area contributed by atoms with Crippen LogP contribution in [0.2, 0.25) is 0 Å². The largest absolute Gasteiger partial charge is 0.385 e. The van der Waals surface area contributed by atoms with E-state index in [0.29, 0.717) is 13.0 Å². The van der Waals surface area contributed by atoms with Gasteiger partial charge in [-0.3, -0.25) is 0 Å². The van der Waals surface area contributed by atoms with E-state index in [1.165, 1.54) is 7.11 Å². The van der Waals surface area contributed by atoms with E-state index in [0.717, 1.165) is 0 Å². The van der Waals surface area contributed by atoms with E-state index in [-0.39, 0.29) is 6.42 Å². The minimum atomic E-state index is -4.03. The van der Waals surface area contributed by atoms with Gasteiger partial charge in [-0.15, -0.1) is 0 Å². The van der Waals surface area contributed by atoms with Crippen molar-refractivity contribution in [2.24, 2.45) is 0 Å². The van der Waals surface area contributed by atoms with E-state index in [4.69, 9.17) is 10.7 Å². The standard InChI is InChI=1S/C5H10ClFO3S/c1-10-4-2-3-5(7)11(6,8)9/h5H,2-4H2,1H3. The molecule has 1 unspecified atom stereocenters. The molecular formula is C5H10ClFO3S. The van der Waals surface area contributed by atoms with Crippen LogP contribution in [-0.4, -0.2) is 27.6 Å². The van der Waals surface area contributed by atoms with Gasteiger partial charge in [0.25, 0.3) is 9.05 Å². The highest BCUT2D eigenvalue weighted by Gasteiger charge is 2.20. The van der Waals surface area contributed by atoms with Gasteiger partial charge in [0.05, 0.1) is 0 Å². The smallest absolute Gasteiger partial charge is 0.264 e. The highest BCUT2D eigenvalue weighted by molar-refractivity contribution is 8.14. The van der Waals surface area contributed by atoms with Gasteiger partial charge >= 0.3 is 0 Å². The van der Waals surface area contributed by atoms with Gasteiger partial charge in [-0.25, -0.2) is 12.8 Å². The minimum absolute atomic E-state index is 0.111. The third-order valence-electron chi connectivity index (χ3n) is 1.09. The number of methoxy groups -OCH3 is 1. The lowest BCUT2D eigenvalue weighted by Gasteiger charge is -2.02. The molecule has 0 aromatic carbocycles. The van der Waals surface area contributed by atoms with Gasteiger partial charge in [0.1, 0.15) is 0 Å². The lowest BCUT2D eigenvalue weighted by molar-refractivity contribution is 0.187. The van der Waals surface area contributed by atoms with E-state index in [2.05, 4.69) is 4.74 Å². The summed E-state index contributed by atoms with van der Waals surface area (Å²) < 4.78 is 37.6. The van der Waals surface area contributed by atoms with Gasteiger partial charge < -0.3 is 4.74 Å². The number of alkyl halides is 1. The Labute approximate surface area is 69.9 Å². The molecule has 0 aliphatic heterocycles. The molecule has 0 aliphatic carbocycles. The predicted molar refractivity (Wildman–Crippen MR) is 40.8 cm³/mol. The quantitative estimate of drug-likeness (QED) is 0.501. The van der Waals surface area contributed by atoms with Gasteiger partial charge in [0, 0.05) is 24.4 Å². The summed E-state index contributed by atoms with van der Waals surface area (Å²) in [4.78, 5) is 0. The molecular weight excluding hydrogens is 195 g/mol. The Hall–Kier alpha value is 0.130. The molecule has 0 aliphatic rings. The van der Waals surface area contributed by atoms with Crippen molar-refractivity contribution in [1.29, 1.82) is 0 Å². The summed E-state index contributed by atoms with van der Waals surface area (Å²) >= 11 is 0. The zero-order valence-electron chi connectivity index (χ0n) is 6.09. The number of hydrogen-bond donors (Lipinski definition) is 0. The van der Waals surface area contributed by atoms with Crippen LogP contribution in [0.1, 0.15) is 12.8 Å². The van der Waals surface area contributed by atoms with Crippen molar-refractivity contribution in [3.63, 3.8) is 0 Å². The van der Waals surface area contributed by atoms with Gasteiger partial charge in [-0.2, -0.15) is 0 Å². The van der Waals surface area contributed by atoms with Gasteiger partial charge in [0.15, 0.2) is 0 Å². The first-order chi connectivity index (χ1) is 4.98. The van der Waals surface area contributed by atoms with E-state index in [1.54, 1.807) is 0 Å². The molecule has 0 N–H and O–H groups in total. The molecule has 0 aromatic heterocycles. The first kappa shape index (κ1) is 11.1. The Balaban J connectivity index is 3.62.